The standard InChI is InChI=1S/C15H30N2O/c1-5-11(3)10-17(6-2)15(18)13-7-12(4)8-14(16)9-13/h11-14H,5-10,16H2,1-4H3. The van der Waals surface area contributed by atoms with Crippen LogP contribution in [-0.2, 0) is 4.79 Å². The van der Waals surface area contributed by atoms with Crippen molar-refractivity contribution in [2.24, 2.45) is 23.5 Å². The van der Waals surface area contributed by atoms with Crippen LogP contribution in [0.1, 0.15) is 53.4 Å². The molecule has 0 aromatic heterocycles. The van der Waals surface area contributed by atoms with Gasteiger partial charge in [-0.05, 0) is 38.0 Å². The summed E-state index contributed by atoms with van der Waals surface area (Å²) < 4.78 is 0. The molecule has 0 radical (unpaired) electrons. The highest BCUT2D eigenvalue weighted by Crippen LogP contribution is 2.29. The van der Waals surface area contributed by atoms with Crippen molar-refractivity contribution in [1.29, 1.82) is 0 Å². The third kappa shape index (κ3) is 4.27. The second-order valence-corrected chi connectivity index (χ2v) is 6.16. The number of hydrogen-bond acceptors (Lipinski definition) is 2. The van der Waals surface area contributed by atoms with Crippen molar-refractivity contribution in [2.75, 3.05) is 13.1 Å². The minimum Gasteiger partial charge on any atom is -0.342 e. The predicted molar refractivity (Wildman–Crippen MR) is 76.2 cm³/mol. The molecule has 1 amide bonds. The van der Waals surface area contributed by atoms with E-state index in [2.05, 4.69) is 27.7 Å². The summed E-state index contributed by atoms with van der Waals surface area (Å²) in [6, 6.07) is 0.213. The Kier molecular flexibility index (Phi) is 6.13. The predicted octanol–water partition coefficient (Wildman–Crippen LogP) is 2.64. The Morgan fingerprint density at radius 2 is 2.00 bits per heavy atom. The van der Waals surface area contributed by atoms with Crippen LogP contribution in [0.15, 0.2) is 0 Å². The van der Waals surface area contributed by atoms with Crippen LogP contribution in [0.2, 0.25) is 0 Å². The van der Waals surface area contributed by atoms with E-state index in [0.717, 1.165) is 38.8 Å². The molecule has 0 aliphatic heterocycles. The maximum absolute atomic E-state index is 12.5. The first-order chi connectivity index (χ1) is 8.47. The van der Waals surface area contributed by atoms with Gasteiger partial charge < -0.3 is 10.6 Å². The Morgan fingerprint density at radius 3 is 2.50 bits per heavy atom. The smallest absolute Gasteiger partial charge is 0.225 e. The summed E-state index contributed by atoms with van der Waals surface area (Å²) in [6.07, 6.45) is 4.09. The van der Waals surface area contributed by atoms with Crippen molar-refractivity contribution < 1.29 is 4.79 Å². The lowest BCUT2D eigenvalue weighted by molar-refractivity contribution is -0.137. The average Bonchev–Trinajstić information content (AvgIpc) is 2.33. The minimum atomic E-state index is 0.160. The molecule has 2 N–H and O–H groups in total. The van der Waals surface area contributed by atoms with E-state index >= 15 is 0 Å². The molecule has 4 unspecified atom stereocenters. The maximum atomic E-state index is 12.5. The number of nitrogens with two attached hydrogens (primary N) is 1. The summed E-state index contributed by atoms with van der Waals surface area (Å²) in [4.78, 5) is 14.6. The number of rotatable bonds is 5. The molecule has 1 fully saturated rings. The number of carbonyl (C=O) groups is 1. The number of carbonyl (C=O) groups excluding carboxylic acids is 1. The topological polar surface area (TPSA) is 46.3 Å². The van der Waals surface area contributed by atoms with Crippen LogP contribution in [-0.4, -0.2) is 29.9 Å². The third-order valence-electron chi connectivity index (χ3n) is 4.25. The molecule has 4 atom stereocenters. The van der Waals surface area contributed by atoms with Gasteiger partial charge >= 0.3 is 0 Å². The monoisotopic (exact) mass is 254 g/mol. The van der Waals surface area contributed by atoms with Crippen molar-refractivity contribution >= 4 is 5.91 Å². The molecule has 0 aromatic carbocycles. The lowest BCUT2D eigenvalue weighted by atomic mass is 9.79. The summed E-state index contributed by atoms with van der Waals surface area (Å²) in [5.74, 6) is 1.67. The van der Waals surface area contributed by atoms with Crippen molar-refractivity contribution in [3.63, 3.8) is 0 Å². The van der Waals surface area contributed by atoms with E-state index in [1.807, 2.05) is 4.90 Å². The van der Waals surface area contributed by atoms with Gasteiger partial charge in [-0.15, -0.1) is 0 Å². The second-order valence-electron chi connectivity index (χ2n) is 6.16. The minimum absolute atomic E-state index is 0.160. The van der Waals surface area contributed by atoms with Crippen LogP contribution < -0.4 is 5.73 Å². The van der Waals surface area contributed by atoms with Crippen molar-refractivity contribution in [3.05, 3.63) is 0 Å². The lowest BCUT2D eigenvalue weighted by Gasteiger charge is -2.34. The van der Waals surface area contributed by atoms with Gasteiger partial charge in [-0.2, -0.15) is 0 Å². The Balaban J connectivity index is 2.59. The summed E-state index contributed by atoms with van der Waals surface area (Å²) in [5.41, 5.74) is 6.05. The Morgan fingerprint density at radius 1 is 1.33 bits per heavy atom. The number of amides is 1. The normalized spacial score (nSPS) is 29.9. The maximum Gasteiger partial charge on any atom is 0.225 e. The van der Waals surface area contributed by atoms with Crippen molar-refractivity contribution in [1.82, 2.24) is 4.90 Å². The molecule has 1 saturated carbocycles. The van der Waals surface area contributed by atoms with Gasteiger partial charge in [0.15, 0.2) is 0 Å². The molecule has 0 bridgehead atoms. The molecular formula is C15H30N2O. The summed E-state index contributed by atoms with van der Waals surface area (Å²) in [6.45, 7) is 10.4. The molecule has 0 heterocycles. The van der Waals surface area contributed by atoms with E-state index in [1.54, 1.807) is 0 Å². The Bertz CT molecular complexity index is 257. The fraction of sp³-hybridized carbons (Fsp3) is 0.933. The molecule has 3 nitrogen and oxygen atoms in total. The first-order valence-corrected chi connectivity index (χ1v) is 7.52. The lowest BCUT2D eigenvalue weighted by Crippen LogP contribution is -2.43. The van der Waals surface area contributed by atoms with E-state index < -0.39 is 0 Å². The zero-order chi connectivity index (χ0) is 13.7. The molecule has 106 valence electrons. The van der Waals surface area contributed by atoms with Crippen LogP contribution in [0, 0.1) is 17.8 Å². The highest BCUT2D eigenvalue weighted by molar-refractivity contribution is 5.79. The second kappa shape index (κ2) is 7.13. The zero-order valence-corrected chi connectivity index (χ0v) is 12.5. The molecule has 1 aliphatic rings. The Labute approximate surface area is 112 Å². The molecule has 1 aliphatic carbocycles. The SMILES string of the molecule is CCC(C)CN(CC)C(=O)C1CC(C)CC(N)C1. The van der Waals surface area contributed by atoms with Gasteiger partial charge in [0.05, 0.1) is 0 Å². The van der Waals surface area contributed by atoms with Crippen LogP contribution in [0.4, 0.5) is 0 Å². The molecular weight excluding hydrogens is 224 g/mol. The summed E-state index contributed by atoms with van der Waals surface area (Å²) >= 11 is 0. The van der Waals surface area contributed by atoms with E-state index in [1.165, 1.54) is 0 Å². The van der Waals surface area contributed by atoms with Gasteiger partial charge in [0, 0.05) is 25.0 Å². The van der Waals surface area contributed by atoms with Crippen LogP contribution in [0.25, 0.3) is 0 Å². The van der Waals surface area contributed by atoms with Gasteiger partial charge in [0.2, 0.25) is 5.91 Å². The van der Waals surface area contributed by atoms with Gasteiger partial charge in [-0.3, -0.25) is 4.79 Å². The van der Waals surface area contributed by atoms with E-state index in [4.69, 9.17) is 5.73 Å². The first kappa shape index (κ1) is 15.5. The van der Waals surface area contributed by atoms with Crippen LogP contribution in [0.5, 0.6) is 0 Å². The van der Waals surface area contributed by atoms with Gasteiger partial charge in [0.25, 0.3) is 0 Å². The highest BCUT2D eigenvalue weighted by atomic mass is 16.2. The van der Waals surface area contributed by atoms with Crippen molar-refractivity contribution in [2.45, 2.75) is 59.4 Å². The average molecular weight is 254 g/mol. The van der Waals surface area contributed by atoms with E-state index in [9.17, 15) is 4.79 Å². The van der Waals surface area contributed by atoms with Crippen molar-refractivity contribution in [3.8, 4) is 0 Å². The van der Waals surface area contributed by atoms with Crippen LogP contribution >= 0.6 is 0 Å². The third-order valence-corrected chi connectivity index (χ3v) is 4.25. The zero-order valence-electron chi connectivity index (χ0n) is 12.5. The van der Waals surface area contributed by atoms with Crippen LogP contribution in [0.3, 0.4) is 0 Å². The number of nitrogens with zero attached hydrogens (tertiary/aromatic N) is 1. The highest BCUT2D eigenvalue weighted by Gasteiger charge is 2.31. The van der Waals surface area contributed by atoms with Gasteiger partial charge in [-0.25, -0.2) is 0 Å². The quantitative estimate of drug-likeness (QED) is 0.820. The Hall–Kier alpha value is -0.570. The molecule has 1 rings (SSSR count). The first-order valence-electron chi connectivity index (χ1n) is 7.52. The fourth-order valence-corrected chi connectivity index (χ4v) is 3.00. The van der Waals surface area contributed by atoms with E-state index in [0.29, 0.717) is 17.7 Å². The summed E-state index contributed by atoms with van der Waals surface area (Å²) in [7, 11) is 0. The summed E-state index contributed by atoms with van der Waals surface area (Å²) in [5, 5.41) is 0. The molecule has 0 saturated heterocycles. The largest absolute Gasteiger partial charge is 0.342 e. The van der Waals surface area contributed by atoms with Gasteiger partial charge in [0.1, 0.15) is 0 Å². The van der Waals surface area contributed by atoms with E-state index in [-0.39, 0.29) is 12.0 Å². The molecule has 0 aromatic rings. The number of hydrogen-bond donors (Lipinski definition) is 1. The van der Waals surface area contributed by atoms with Gasteiger partial charge in [-0.1, -0.05) is 27.2 Å². The molecule has 0 spiro atoms. The molecule has 3 heteroatoms. The fourth-order valence-electron chi connectivity index (χ4n) is 3.00. The molecule has 18 heavy (non-hydrogen) atoms.